The molecule has 0 radical (unpaired) electrons. The molecule has 1 amide bonds. The number of amides is 1. The van der Waals surface area contributed by atoms with Crippen molar-refractivity contribution in [1.29, 1.82) is 0 Å². The van der Waals surface area contributed by atoms with Crippen LogP contribution in [-0.4, -0.2) is 38.8 Å². The number of carbonyl (C=O) groups is 1. The van der Waals surface area contributed by atoms with Gasteiger partial charge >= 0.3 is 0 Å². The van der Waals surface area contributed by atoms with Crippen LogP contribution in [0, 0.1) is 12.8 Å². The first kappa shape index (κ1) is 20.4. The Hall–Kier alpha value is -2.38. The monoisotopic (exact) mass is 402 g/mol. The molecule has 2 aromatic rings. The number of hydrogen-bond acceptors (Lipinski definition) is 4. The molecule has 7 heteroatoms. The predicted octanol–water partition coefficient (Wildman–Crippen LogP) is 2.72. The zero-order valence-electron chi connectivity index (χ0n) is 16.2. The number of ether oxygens (including phenoxy) is 1. The zero-order chi connectivity index (χ0) is 20.1. The van der Waals surface area contributed by atoms with Crippen molar-refractivity contribution in [2.75, 3.05) is 20.2 Å². The maximum Gasteiger partial charge on any atom is 0.243 e. The fraction of sp³-hybridized carbons (Fsp3) is 0.381. The van der Waals surface area contributed by atoms with Gasteiger partial charge in [-0.1, -0.05) is 29.8 Å². The first-order chi connectivity index (χ1) is 13.4. The second-order valence-corrected chi connectivity index (χ2v) is 9.02. The van der Waals surface area contributed by atoms with Crippen molar-refractivity contribution in [3.63, 3.8) is 0 Å². The highest BCUT2D eigenvalue weighted by atomic mass is 32.2. The summed E-state index contributed by atoms with van der Waals surface area (Å²) in [7, 11) is -2.09. The number of benzene rings is 2. The van der Waals surface area contributed by atoms with Gasteiger partial charge in [-0.15, -0.1) is 0 Å². The lowest BCUT2D eigenvalue weighted by Crippen LogP contribution is -2.45. The van der Waals surface area contributed by atoms with Crippen LogP contribution in [0.3, 0.4) is 0 Å². The Labute approximate surface area is 166 Å². The summed E-state index contributed by atoms with van der Waals surface area (Å²) in [5.74, 6) is 0.161. The van der Waals surface area contributed by atoms with Crippen molar-refractivity contribution >= 4 is 15.9 Å². The van der Waals surface area contributed by atoms with E-state index in [0.717, 1.165) is 5.56 Å². The molecule has 1 unspecified atom stereocenters. The maximum absolute atomic E-state index is 12.9. The molecule has 0 aromatic heterocycles. The molecular weight excluding hydrogens is 376 g/mol. The largest absolute Gasteiger partial charge is 0.497 e. The van der Waals surface area contributed by atoms with Crippen molar-refractivity contribution in [2.45, 2.75) is 31.2 Å². The van der Waals surface area contributed by atoms with Crippen LogP contribution in [0.1, 0.15) is 24.0 Å². The summed E-state index contributed by atoms with van der Waals surface area (Å²) < 4.78 is 32.3. The van der Waals surface area contributed by atoms with Crippen LogP contribution in [0.4, 0.5) is 0 Å². The molecule has 0 bridgehead atoms. The van der Waals surface area contributed by atoms with E-state index in [4.69, 9.17) is 4.74 Å². The molecule has 1 atom stereocenters. The Bertz CT molecular complexity index is 908. The van der Waals surface area contributed by atoms with Gasteiger partial charge in [-0.25, -0.2) is 8.42 Å². The number of methoxy groups -OCH3 is 1. The fourth-order valence-electron chi connectivity index (χ4n) is 3.31. The second-order valence-electron chi connectivity index (χ2n) is 7.08. The number of carbonyl (C=O) groups excluding carboxylic acids is 1. The van der Waals surface area contributed by atoms with Gasteiger partial charge in [0.1, 0.15) is 5.75 Å². The summed E-state index contributed by atoms with van der Waals surface area (Å²) in [6.45, 7) is 3.09. The van der Waals surface area contributed by atoms with Crippen molar-refractivity contribution < 1.29 is 17.9 Å². The normalized spacial score (nSPS) is 17.9. The average Bonchev–Trinajstić information content (AvgIpc) is 2.73. The van der Waals surface area contributed by atoms with Crippen LogP contribution in [0.15, 0.2) is 53.4 Å². The molecular formula is C21H26N2O4S. The molecule has 6 nitrogen and oxygen atoms in total. The molecule has 1 fully saturated rings. The number of piperidine rings is 1. The zero-order valence-corrected chi connectivity index (χ0v) is 17.0. The highest BCUT2D eigenvalue weighted by Gasteiger charge is 2.33. The molecule has 2 aromatic carbocycles. The van der Waals surface area contributed by atoms with Crippen LogP contribution in [0.5, 0.6) is 5.75 Å². The van der Waals surface area contributed by atoms with Crippen molar-refractivity contribution in [1.82, 2.24) is 9.62 Å². The summed E-state index contributed by atoms with van der Waals surface area (Å²) in [4.78, 5) is 12.8. The van der Waals surface area contributed by atoms with Gasteiger partial charge in [0.2, 0.25) is 15.9 Å². The maximum atomic E-state index is 12.9. The van der Waals surface area contributed by atoms with E-state index < -0.39 is 10.0 Å². The average molecular weight is 403 g/mol. The van der Waals surface area contributed by atoms with Crippen LogP contribution in [0.2, 0.25) is 0 Å². The number of aryl methyl sites for hydroxylation is 1. The molecule has 1 N–H and O–H groups in total. The Morgan fingerprint density at radius 2 is 1.82 bits per heavy atom. The lowest BCUT2D eigenvalue weighted by Gasteiger charge is -2.31. The summed E-state index contributed by atoms with van der Waals surface area (Å²) in [6, 6.07) is 14.3. The van der Waals surface area contributed by atoms with E-state index in [1.165, 1.54) is 29.1 Å². The SMILES string of the molecule is COc1ccc(S(=O)(=O)N2CCCC(C(=O)NCc3ccc(C)cc3)C2)cc1. The standard InChI is InChI=1S/C21H26N2O4S/c1-16-5-7-17(8-6-16)14-22-21(24)18-4-3-13-23(15-18)28(25,26)20-11-9-19(27-2)10-12-20/h5-12,18H,3-4,13-15H2,1-2H3,(H,22,24). The first-order valence-electron chi connectivity index (χ1n) is 9.37. The number of nitrogens with zero attached hydrogens (tertiary/aromatic N) is 1. The molecule has 28 heavy (non-hydrogen) atoms. The minimum atomic E-state index is -3.63. The van der Waals surface area contributed by atoms with Gasteiger partial charge in [0, 0.05) is 19.6 Å². The summed E-state index contributed by atoms with van der Waals surface area (Å²) in [6.07, 6.45) is 1.35. The summed E-state index contributed by atoms with van der Waals surface area (Å²) in [5.41, 5.74) is 2.19. The topological polar surface area (TPSA) is 75.7 Å². The van der Waals surface area contributed by atoms with Gasteiger partial charge < -0.3 is 10.1 Å². The lowest BCUT2D eigenvalue weighted by molar-refractivity contribution is -0.126. The Balaban J connectivity index is 1.63. The van der Waals surface area contributed by atoms with E-state index in [2.05, 4.69) is 5.32 Å². The summed E-state index contributed by atoms with van der Waals surface area (Å²) in [5, 5.41) is 2.94. The van der Waals surface area contributed by atoms with Crippen LogP contribution in [0.25, 0.3) is 0 Å². The smallest absolute Gasteiger partial charge is 0.243 e. The Morgan fingerprint density at radius 1 is 1.14 bits per heavy atom. The second kappa shape index (κ2) is 8.75. The van der Waals surface area contributed by atoms with Gasteiger partial charge in [-0.3, -0.25) is 4.79 Å². The Morgan fingerprint density at radius 3 is 2.46 bits per heavy atom. The molecule has 0 aliphatic carbocycles. The first-order valence-corrected chi connectivity index (χ1v) is 10.8. The van der Waals surface area contributed by atoms with Crippen molar-refractivity contribution in [3.05, 3.63) is 59.7 Å². The number of rotatable bonds is 6. The third-order valence-electron chi connectivity index (χ3n) is 5.04. The van der Waals surface area contributed by atoms with E-state index in [1.54, 1.807) is 12.1 Å². The van der Waals surface area contributed by atoms with E-state index >= 15 is 0 Å². The van der Waals surface area contributed by atoms with Crippen LogP contribution < -0.4 is 10.1 Å². The van der Waals surface area contributed by atoms with Crippen LogP contribution in [-0.2, 0) is 21.4 Å². The quantitative estimate of drug-likeness (QED) is 0.806. The molecule has 1 heterocycles. The molecule has 1 aliphatic rings. The number of nitrogens with one attached hydrogen (secondary N) is 1. The molecule has 3 rings (SSSR count). The van der Waals surface area contributed by atoms with Crippen LogP contribution >= 0.6 is 0 Å². The fourth-order valence-corrected chi connectivity index (χ4v) is 4.83. The third kappa shape index (κ3) is 4.72. The summed E-state index contributed by atoms with van der Waals surface area (Å²) >= 11 is 0. The molecule has 1 aliphatic heterocycles. The Kier molecular flexibility index (Phi) is 6.36. The minimum absolute atomic E-state index is 0.102. The van der Waals surface area contributed by atoms with Crippen molar-refractivity contribution in [3.8, 4) is 5.75 Å². The molecule has 0 spiro atoms. The molecule has 0 saturated carbocycles. The van der Waals surface area contributed by atoms with Gasteiger partial charge in [0.15, 0.2) is 0 Å². The molecule has 1 saturated heterocycles. The van der Waals surface area contributed by atoms with Gasteiger partial charge in [-0.2, -0.15) is 4.31 Å². The third-order valence-corrected chi connectivity index (χ3v) is 6.92. The van der Waals surface area contributed by atoms with Gasteiger partial charge in [0.05, 0.1) is 17.9 Å². The van der Waals surface area contributed by atoms with E-state index in [0.29, 0.717) is 31.7 Å². The van der Waals surface area contributed by atoms with Gasteiger partial charge in [0.25, 0.3) is 0 Å². The number of sulfonamides is 1. The van der Waals surface area contributed by atoms with Gasteiger partial charge in [-0.05, 0) is 49.6 Å². The van der Waals surface area contributed by atoms with E-state index in [9.17, 15) is 13.2 Å². The lowest BCUT2D eigenvalue weighted by atomic mass is 9.98. The van der Waals surface area contributed by atoms with Crippen molar-refractivity contribution in [2.24, 2.45) is 5.92 Å². The van der Waals surface area contributed by atoms with E-state index in [-0.39, 0.29) is 23.3 Å². The van der Waals surface area contributed by atoms with E-state index in [1.807, 2.05) is 31.2 Å². The predicted molar refractivity (Wildman–Crippen MR) is 108 cm³/mol. The minimum Gasteiger partial charge on any atom is -0.497 e. The number of hydrogen-bond donors (Lipinski definition) is 1. The highest BCUT2D eigenvalue weighted by Crippen LogP contribution is 2.25. The molecule has 150 valence electrons. The highest BCUT2D eigenvalue weighted by molar-refractivity contribution is 7.89.